The van der Waals surface area contributed by atoms with Crippen molar-refractivity contribution in [1.29, 1.82) is 0 Å². The summed E-state index contributed by atoms with van der Waals surface area (Å²) in [4.78, 5) is 12.3. The van der Waals surface area contributed by atoms with Crippen LogP contribution in [0.15, 0.2) is 36.4 Å². The van der Waals surface area contributed by atoms with Gasteiger partial charge in [0.2, 0.25) is 11.5 Å². The van der Waals surface area contributed by atoms with E-state index in [0.717, 1.165) is 6.07 Å². The van der Waals surface area contributed by atoms with Gasteiger partial charge in [-0.15, -0.1) is 0 Å². The van der Waals surface area contributed by atoms with Crippen LogP contribution >= 0.6 is 0 Å². The van der Waals surface area contributed by atoms with Gasteiger partial charge in [-0.05, 0) is 19.4 Å². The molecule has 0 saturated carbocycles. The molecule has 0 spiro atoms. The van der Waals surface area contributed by atoms with Crippen LogP contribution in [0.2, 0.25) is 0 Å². The highest BCUT2D eigenvalue weighted by atomic mass is 16.5. The summed E-state index contributed by atoms with van der Waals surface area (Å²) in [6.45, 7) is 3.64. The number of carbonyl (C=O) groups is 1. The first-order valence-corrected chi connectivity index (χ1v) is 7.00. The van der Waals surface area contributed by atoms with Crippen molar-refractivity contribution in [3.63, 3.8) is 0 Å². The lowest BCUT2D eigenvalue weighted by Gasteiger charge is -2.17. The van der Waals surface area contributed by atoms with Gasteiger partial charge in [0.1, 0.15) is 0 Å². The lowest BCUT2D eigenvalue weighted by atomic mass is 10.0. The molecule has 0 aliphatic heterocycles. The zero-order chi connectivity index (χ0) is 16.3. The third kappa shape index (κ3) is 2.98. The highest BCUT2D eigenvalue weighted by Crippen LogP contribution is 2.45. The molecule has 0 fully saturated rings. The van der Waals surface area contributed by atoms with Gasteiger partial charge in [-0.3, -0.25) is 4.79 Å². The maximum atomic E-state index is 12.3. The number of phenols is 3. The predicted molar refractivity (Wildman–Crippen MR) is 81.7 cm³/mol. The first-order chi connectivity index (χ1) is 10.5. The largest absolute Gasteiger partial charge is 0.504 e. The van der Waals surface area contributed by atoms with Crippen molar-refractivity contribution in [1.82, 2.24) is 0 Å². The fraction of sp³-hybridized carbons (Fsp3) is 0.235. The smallest absolute Gasteiger partial charge is 0.207 e. The number of rotatable bonds is 5. The molecular formula is C17H18O5. The molecule has 0 aliphatic carbocycles. The van der Waals surface area contributed by atoms with Crippen LogP contribution in [0.5, 0.6) is 23.0 Å². The Hall–Kier alpha value is -2.69. The minimum absolute atomic E-state index is 0.183. The monoisotopic (exact) mass is 302 g/mol. The molecule has 22 heavy (non-hydrogen) atoms. The highest BCUT2D eigenvalue weighted by molar-refractivity contribution is 6.11. The number of carbonyl (C=O) groups excluding carboxylic acids is 1. The molecule has 1 atom stereocenters. The summed E-state index contributed by atoms with van der Waals surface area (Å²) >= 11 is 0. The molecule has 0 amide bonds. The van der Waals surface area contributed by atoms with Crippen LogP contribution < -0.4 is 4.74 Å². The second-order valence-electron chi connectivity index (χ2n) is 5.00. The molecule has 0 bridgehead atoms. The Kier molecular flexibility index (Phi) is 4.56. The van der Waals surface area contributed by atoms with Gasteiger partial charge in [0.25, 0.3) is 0 Å². The molecule has 5 heteroatoms. The van der Waals surface area contributed by atoms with E-state index in [4.69, 9.17) is 4.74 Å². The molecule has 0 heterocycles. The molecule has 1 unspecified atom stereocenters. The standard InChI is InChI=1S/C17H18O5/c1-3-10(2)22-17-13(18)9-12(15(20)16(17)21)14(19)11-7-5-4-6-8-11/h4-10,18,20-21H,3H2,1-2H3. The van der Waals surface area contributed by atoms with Gasteiger partial charge in [0.15, 0.2) is 17.3 Å². The summed E-state index contributed by atoms with van der Waals surface area (Å²) in [6.07, 6.45) is 0.400. The average Bonchev–Trinajstić information content (AvgIpc) is 2.54. The van der Waals surface area contributed by atoms with Crippen molar-refractivity contribution in [3.05, 3.63) is 47.5 Å². The minimum atomic E-state index is -0.639. The Balaban J connectivity index is 2.45. The van der Waals surface area contributed by atoms with Crippen molar-refractivity contribution in [2.75, 3.05) is 0 Å². The van der Waals surface area contributed by atoms with E-state index in [0.29, 0.717) is 12.0 Å². The van der Waals surface area contributed by atoms with Gasteiger partial charge in [-0.25, -0.2) is 0 Å². The van der Waals surface area contributed by atoms with Gasteiger partial charge >= 0.3 is 0 Å². The normalized spacial score (nSPS) is 11.9. The number of ether oxygens (including phenoxy) is 1. The van der Waals surface area contributed by atoms with Crippen molar-refractivity contribution < 1.29 is 24.9 Å². The predicted octanol–water partition coefficient (Wildman–Crippen LogP) is 3.21. The maximum Gasteiger partial charge on any atom is 0.207 e. The summed E-state index contributed by atoms with van der Waals surface area (Å²) in [6, 6.07) is 9.39. The number of hydrogen-bond donors (Lipinski definition) is 3. The van der Waals surface area contributed by atoms with E-state index in [-0.39, 0.29) is 17.4 Å². The Labute approximate surface area is 128 Å². The summed E-state index contributed by atoms with van der Waals surface area (Å²) in [5.74, 6) is -2.37. The van der Waals surface area contributed by atoms with E-state index in [9.17, 15) is 20.1 Å². The molecule has 2 aromatic carbocycles. The molecule has 0 aromatic heterocycles. The summed E-state index contributed by atoms with van der Waals surface area (Å²) in [5.41, 5.74) is 0.157. The van der Waals surface area contributed by atoms with E-state index < -0.39 is 23.0 Å². The van der Waals surface area contributed by atoms with E-state index >= 15 is 0 Å². The third-order valence-electron chi connectivity index (χ3n) is 3.38. The molecule has 116 valence electrons. The Morgan fingerprint density at radius 1 is 1.14 bits per heavy atom. The molecule has 0 radical (unpaired) electrons. The Morgan fingerprint density at radius 3 is 2.36 bits per heavy atom. The van der Waals surface area contributed by atoms with Gasteiger partial charge in [0, 0.05) is 5.56 Å². The Morgan fingerprint density at radius 2 is 1.77 bits per heavy atom. The fourth-order valence-corrected chi connectivity index (χ4v) is 1.95. The number of ketones is 1. The van der Waals surface area contributed by atoms with Gasteiger partial charge in [0.05, 0.1) is 11.7 Å². The molecule has 2 rings (SSSR count). The van der Waals surface area contributed by atoms with E-state index in [1.807, 2.05) is 6.92 Å². The lowest BCUT2D eigenvalue weighted by Crippen LogP contribution is -2.10. The second-order valence-corrected chi connectivity index (χ2v) is 5.00. The van der Waals surface area contributed by atoms with Crippen LogP contribution in [0.3, 0.4) is 0 Å². The quantitative estimate of drug-likeness (QED) is 0.448. The summed E-state index contributed by atoms with van der Waals surface area (Å²) in [7, 11) is 0. The first-order valence-electron chi connectivity index (χ1n) is 7.00. The highest BCUT2D eigenvalue weighted by Gasteiger charge is 2.24. The summed E-state index contributed by atoms with van der Waals surface area (Å²) in [5, 5.41) is 30.1. The maximum absolute atomic E-state index is 12.3. The number of benzene rings is 2. The molecule has 3 N–H and O–H groups in total. The molecule has 5 nitrogen and oxygen atoms in total. The topological polar surface area (TPSA) is 87.0 Å². The van der Waals surface area contributed by atoms with E-state index in [1.165, 1.54) is 0 Å². The van der Waals surface area contributed by atoms with E-state index in [1.54, 1.807) is 37.3 Å². The SMILES string of the molecule is CCC(C)Oc1c(O)cc(C(=O)c2ccccc2)c(O)c1O. The zero-order valence-corrected chi connectivity index (χ0v) is 12.4. The molecule has 0 aliphatic rings. The van der Waals surface area contributed by atoms with Crippen molar-refractivity contribution >= 4 is 5.78 Å². The summed E-state index contributed by atoms with van der Waals surface area (Å²) < 4.78 is 5.38. The van der Waals surface area contributed by atoms with Crippen LogP contribution in [0.25, 0.3) is 0 Å². The van der Waals surface area contributed by atoms with Gasteiger partial charge in [-0.1, -0.05) is 37.3 Å². The Bertz CT molecular complexity index is 679. The van der Waals surface area contributed by atoms with Crippen LogP contribution in [-0.4, -0.2) is 27.2 Å². The molecule has 2 aromatic rings. The minimum Gasteiger partial charge on any atom is -0.504 e. The second kappa shape index (κ2) is 6.39. The van der Waals surface area contributed by atoms with Crippen LogP contribution in [0.1, 0.15) is 36.2 Å². The van der Waals surface area contributed by atoms with Crippen LogP contribution in [-0.2, 0) is 0 Å². The van der Waals surface area contributed by atoms with Crippen molar-refractivity contribution in [3.8, 4) is 23.0 Å². The number of hydrogen-bond acceptors (Lipinski definition) is 5. The zero-order valence-electron chi connectivity index (χ0n) is 12.4. The molecular weight excluding hydrogens is 284 g/mol. The van der Waals surface area contributed by atoms with Gasteiger partial charge < -0.3 is 20.1 Å². The van der Waals surface area contributed by atoms with E-state index in [2.05, 4.69) is 0 Å². The van der Waals surface area contributed by atoms with Crippen LogP contribution in [0, 0.1) is 0 Å². The first kappa shape index (κ1) is 15.7. The molecule has 0 saturated heterocycles. The fourth-order valence-electron chi connectivity index (χ4n) is 1.95. The van der Waals surface area contributed by atoms with Crippen molar-refractivity contribution in [2.45, 2.75) is 26.4 Å². The average molecular weight is 302 g/mol. The van der Waals surface area contributed by atoms with Crippen molar-refractivity contribution in [2.24, 2.45) is 0 Å². The van der Waals surface area contributed by atoms with Gasteiger partial charge in [-0.2, -0.15) is 0 Å². The van der Waals surface area contributed by atoms with Crippen LogP contribution in [0.4, 0.5) is 0 Å². The number of phenolic OH excluding ortho intramolecular Hbond substituents is 3. The number of aromatic hydroxyl groups is 3. The third-order valence-corrected chi connectivity index (χ3v) is 3.38. The lowest BCUT2D eigenvalue weighted by molar-refractivity contribution is 0.103.